The fourth-order valence-electron chi connectivity index (χ4n) is 2.98. The lowest BCUT2D eigenvalue weighted by Gasteiger charge is -2.23. The Morgan fingerprint density at radius 3 is 2.50 bits per heavy atom. The van der Waals surface area contributed by atoms with E-state index in [9.17, 15) is 19.2 Å². The zero-order valence-electron chi connectivity index (χ0n) is 16.8. The van der Waals surface area contributed by atoms with Crippen molar-refractivity contribution in [2.45, 2.75) is 13.5 Å². The van der Waals surface area contributed by atoms with E-state index in [1.807, 2.05) is 6.07 Å². The molecule has 1 aromatic carbocycles. The Hall–Kier alpha value is -3.08. The maximum absolute atomic E-state index is 12.8. The van der Waals surface area contributed by atoms with E-state index in [0.717, 1.165) is 26.4 Å². The number of amides is 1. The highest BCUT2D eigenvalue weighted by Crippen LogP contribution is 2.31. The van der Waals surface area contributed by atoms with Gasteiger partial charge in [-0.15, -0.1) is 11.3 Å². The third-order valence-electron chi connectivity index (χ3n) is 4.49. The molecule has 0 saturated heterocycles. The van der Waals surface area contributed by atoms with Crippen LogP contribution in [0.1, 0.15) is 22.8 Å². The van der Waals surface area contributed by atoms with Gasteiger partial charge in [0.25, 0.3) is 11.5 Å². The van der Waals surface area contributed by atoms with Crippen molar-refractivity contribution in [1.82, 2.24) is 9.55 Å². The predicted octanol–water partition coefficient (Wildman–Crippen LogP) is 2.75. The molecule has 0 spiro atoms. The van der Waals surface area contributed by atoms with E-state index in [-0.39, 0.29) is 34.5 Å². The highest BCUT2D eigenvalue weighted by molar-refractivity contribution is 7.20. The minimum absolute atomic E-state index is 0.0336. The molecular weight excluding hydrogens is 479 g/mol. The van der Waals surface area contributed by atoms with E-state index >= 15 is 0 Å². The number of aromatic nitrogens is 2. The molecule has 3 aromatic rings. The van der Waals surface area contributed by atoms with E-state index in [1.165, 1.54) is 6.07 Å². The number of thiophene rings is 1. The van der Waals surface area contributed by atoms with E-state index in [2.05, 4.69) is 4.98 Å². The Balaban J connectivity index is 1.85. The van der Waals surface area contributed by atoms with Crippen molar-refractivity contribution in [2.24, 2.45) is 0 Å². The monoisotopic (exact) mass is 496 g/mol. The summed E-state index contributed by atoms with van der Waals surface area (Å²) in [7, 11) is 0. The number of carbonyl (C=O) groups is 2. The molecule has 3 N–H and O–H groups in total. The Kier molecular flexibility index (Phi) is 7.39. The van der Waals surface area contributed by atoms with Crippen molar-refractivity contribution in [3.63, 3.8) is 0 Å². The smallest absolute Gasteiger partial charge is 0.341 e. The average molecular weight is 497 g/mol. The number of ether oxygens (including phenoxy) is 1. The molecule has 168 valence electrons. The number of nitrogens with zero attached hydrogens (tertiary/aromatic N) is 2. The maximum atomic E-state index is 12.8. The number of halogens is 2. The van der Waals surface area contributed by atoms with Crippen LogP contribution in [-0.2, 0) is 16.1 Å². The van der Waals surface area contributed by atoms with Gasteiger partial charge in [0.05, 0.1) is 16.4 Å². The summed E-state index contributed by atoms with van der Waals surface area (Å²) < 4.78 is 6.61. The molecule has 1 amide bonds. The van der Waals surface area contributed by atoms with Crippen molar-refractivity contribution in [2.75, 3.05) is 23.8 Å². The average Bonchev–Trinajstić information content (AvgIpc) is 3.10. The first-order valence-corrected chi connectivity index (χ1v) is 10.9. The molecule has 0 aliphatic carbocycles. The van der Waals surface area contributed by atoms with Crippen LogP contribution in [0.3, 0.4) is 0 Å². The summed E-state index contributed by atoms with van der Waals surface area (Å²) in [6, 6.07) is 10.3. The van der Waals surface area contributed by atoms with E-state index in [4.69, 9.17) is 33.7 Å². The Bertz CT molecular complexity index is 1270. The van der Waals surface area contributed by atoms with Crippen molar-refractivity contribution in [3.8, 4) is 0 Å². The van der Waals surface area contributed by atoms with Crippen molar-refractivity contribution in [3.05, 3.63) is 77.0 Å². The minimum atomic E-state index is -0.835. The van der Waals surface area contributed by atoms with Gasteiger partial charge in [0.2, 0.25) is 0 Å². The number of benzene rings is 1. The number of likely N-dealkylation sites (N-methyl/N-ethyl adjacent to an activating group) is 1. The molecule has 32 heavy (non-hydrogen) atoms. The SMILES string of the molecule is CCN(C(=O)COC(=O)c1cc(Cl)sc1Cl)c1c(N)n(Cc2ccccc2)c(=O)[nH]c1=O. The number of carbonyl (C=O) groups excluding carboxylic acids is 2. The lowest BCUT2D eigenvalue weighted by molar-refractivity contribution is -0.121. The second-order valence-corrected chi connectivity index (χ2v) is 8.80. The molecule has 0 saturated carbocycles. The standard InChI is InChI=1S/C20H18Cl2N4O5S/c1-2-25(14(27)10-31-19(29)12-8-13(21)32-16(12)22)15-17(23)26(20(30)24-18(15)28)9-11-6-4-3-5-7-11/h3-8H,2,9-10,23H2,1H3,(H,24,28,30). The van der Waals surface area contributed by atoms with Crippen LogP contribution < -0.4 is 21.9 Å². The van der Waals surface area contributed by atoms with Crippen molar-refractivity contribution in [1.29, 1.82) is 0 Å². The molecule has 0 aliphatic heterocycles. The van der Waals surface area contributed by atoms with E-state index in [0.29, 0.717) is 4.34 Å². The number of anilines is 2. The second-order valence-electron chi connectivity index (χ2n) is 6.52. The Labute approximate surface area is 195 Å². The summed E-state index contributed by atoms with van der Waals surface area (Å²) in [6.07, 6.45) is 0. The van der Waals surface area contributed by atoms with Gasteiger partial charge in [0.15, 0.2) is 12.3 Å². The summed E-state index contributed by atoms with van der Waals surface area (Å²) in [6.45, 7) is 1.07. The normalized spacial score (nSPS) is 10.7. The number of nitrogens with one attached hydrogen (secondary N) is 1. The summed E-state index contributed by atoms with van der Waals surface area (Å²) in [5.41, 5.74) is 5.19. The summed E-state index contributed by atoms with van der Waals surface area (Å²) >= 11 is 12.7. The van der Waals surface area contributed by atoms with E-state index < -0.39 is 29.7 Å². The first-order valence-electron chi connectivity index (χ1n) is 9.31. The quantitative estimate of drug-likeness (QED) is 0.484. The Morgan fingerprint density at radius 2 is 1.91 bits per heavy atom. The van der Waals surface area contributed by atoms with Gasteiger partial charge in [0, 0.05) is 6.54 Å². The number of esters is 1. The van der Waals surface area contributed by atoms with Gasteiger partial charge in [-0.25, -0.2) is 9.59 Å². The molecule has 0 atom stereocenters. The number of nitrogens with two attached hydrogens (primary N) is 1. The first-order chi connectivity index (χ1) is 15.2. The van der Waals surface area contributed by atoms with Gasteiger partial charge in [-0.05, 0) is 18.6 Å². The van der Waals surface area contributed by atoms with Crippen LogP contribution in [0.4, 0.5) is 11.5 Å². The van der Waals surface area contributed by atoms with Gasteiger partial charge in [-0.1, -0.05) is 53.5 Å². The summed E-state index contributed by atoms with van der Waals surface area (Å²) in [5.74, 6) is -1.73. The van der Waals surface area contributed by atoms with Crippen molar-refractivity contribution >= 4 is 57.9 Å². The highest BCUT2D eigenvalue weighted by Gasteiger charge is 2.25. The molecular formula is C20H18Cl2N4O5S. The molecule has 0 radical (unpaired) electrons. The van der Waals surface area contributed by atoms with Gasteiger partial charge >= 0.3 is 11.7 Å². The summed E-state index contributed by atoms with van der Waals surface area (Å²) in [5, 5.41) is 0. The van der Waals surface area contributed by atoms with E-state index in [1.54, 1.807) is 31.2 Å². The van der Waals surface area contributed by atoms with Gasteiger partial charge < -0.3 is 15.4 Å². The van der Waals surface area contributed by atoms with Crippen LogP contribution in [0.2, 0.25) is 8.67 Å². The number of aromatic amines is 1. The Morgan fingerprint density at radius 1 is 1.22 bits per heavy atom. The molecule has 0 aliphatic rings. The predicted molar refractivity (Wildman–Crippen MR) is 124 cm³/mol. The number of hydrogen-bond acceptors (Lipinski definition) is 7. The highest BCUT2D eigenvalue weighted by atomic mass is 35.5. The molecule has 0 unspecified atom stereocenters. The maximum Gasteiger partial charge on any atom is 0.341 e. The lowest BCUT2D eigenvalue weighted by Crippen LogP contribution is -2.42. The number of rotatable bonds is 7. The lowest BCUT2D eigenvalue weighted by atomic mass is 10.2. The summed E-state index contributed by atoms with van der Waals surface area (Å²) in [4.78, 5) is 53.0. The molecule has 2 aromatic heterocycles. The number of nitrogen functional groups attached to an aromatic ring is 1. The first kappa shape index (κ1) is 23.6. The molecule has 12 heteroatoms. The fraction of sp³-hybridized carbons (Fsp3) is 0.200. The van der Waals surface area contributed by atoms with Crippen LogP contribution in [-0.4, -0.2) is 34.6 Å². The van der Waals surface area contributed by atoms with Crippen LogP contribution in [0.25, 0.3) is 0 Å². The van der Waals surface area contributed by atoms with Crippen LogP contribution in [0, 0.1) is 0 Å². The van der Waals surface area contributed by atoms with Crippen LogP contribution >= 0.6 is 34.5 Å². The zero-order valence-corrected chi connectivity index (χ0v) is 19.1. The van der Waals surface area contributed by atoms with Crippen molar-refractivity contribution < 1.29 is 14.3 Å². The second kappa shape index (κ2) is 10.0. The van der Waals surface area contributed by atoms with Gasteiger partial charge in [0.1, 0.15) is 10.2 Å². The van der Waals surface area contributed by atoms with Gasteiger partial charge in [-0.2, -0.15) is 0 Å². The van der Waals surface area contributed by atoms with Crippen LogP contribution in [0.15, 0.2) is 46.0 Å². The van der Waals surface area contributed by atoms with Gasteiger partial charge in [-0.3, -0.25) is 19.1 Å². The molecule has 9 nitrogen and oxygen atoms in total. The topological polar surface area (TPSA) is 127 Å². The minimum Gasteiger partial charge on any atom is -0.452 e. The zero-order chi connectivity index (χ0) is 23.4. The third-order valence-corrected chi connectivity index (χ3v) is 5.98. The third kappa shape index (κ3) is 5.04. The molecule has 2 heterocycles. The number of H-pyrrole nitrogens is 1. The molecule has 3 rings (SSSR count). The molecule has 0 fully saturated rings. The largest absolute Gasteiger partial charge is 0.452 e. The molecule has 0 bridgehead atoms. The number of hydrogen-bond donors (Lipinski definition) is 2. The van der Waals surface area contributed by atoms with Crippen LogP contribution in [0.5, 0.6) is 0 Å². The fourth-order valence-corrected chi connectivity index (χ4v) is 4.42.